The van der Waals surface area contributed by atoms with E-state index in [1.165, 1.54) is 0 Å². The first-order valence-corrected chi connectivity index (χ1v) is 5.11. The first-order chi connectivity index (χ1) is 6.69. The van der Waals surface area contributed by atoms with E-state index in [-0.39, 0.29) is 12.5 Å². The van der Waals surface area contributed by atoms with Crippen LogP contribution in [0.2, 0.25) is 0 Å². The molecule has 1 N–H and O–H groups in total. The number of hydrogen-bond acceptors (Lipinski definition) is 3. The monoisotopic (exact) mass is 194 g/mol. The van der Waals surface area contributed by atoms with Crippen molar-refractivity contribution in [3.63, 3.8) is 0 Å². The van der Waals surface area contributed by atoms with Crippen LogP contribution < -0.4 is 0 Å². The van der Waals surface area contributed by atoms with Crippen LogP contribution in [0.15, 0.2) is 12.3 Å². The second kappa shape index (κ2) is 5.05. The zero-order chi connectivity index (χ0) is 10.6. The van der Waals surface area contributed by atoms with Gasteiger partial charge < -0.3 is 5.11 Å². The average molecular weight is 194 g/mol. The predicted molar refractivity (Wildman–Crippen MR) is 56.1 cm³/mol. The van der Waals surface area contributed by atoms with Crippen LogP contribution in [0, 0.1) is 5.92 Å². The van der Waals surface area contributed by atoms with Gasteiger partial charge in [0.1, 0.15) is 5.82 Å². The van der Waals surface area contributed by atoms with Gasteiger partial charge in [0.2, 0.25) is 0 Å². The highest BCUT2D eigenvalue weighted by atomic mass is 16.3. The van der Waals surface area contributed by atoms with Crippen LogP contribution in [0.4, 0.5) is 0 Å². The van der Waals surface area contributed by atoms with Crippen LogP contribution in [-0.4, -0.2) is 21.7 Å². The van der Waals surface area contributed by atoms with Crippen LogP contribution in [0.5, 0.6) is 0 Å². The predicted octanol–water partition coefficient (Wildman–Crippen LogP) is 1.77. The molecule has 1 heterocycles. The maximum absolute atomic E-state index is 9.23. The van der Waals surface area contributed by atoms with Crippen molar-refractivity contribution in [1.82, 2.24) is 9.97 Å². The summed E-state index contributed by atoms with van der Waals surface area (Å²) < 4.78 is 0. The molecular weight excluding hydrogens is 176 g/mol. The second-order valence-electron chi connectivity index (χ2n) is 3.79. The quantitative estimate of drug-likeness (QED) is 0.794. The van der Waals surface area contributed by atoms with E-state index in [2.05, 4.69) is 30.7 Å². The number of aryl methyl sites for hydroxylation is 1. The lowest BCUT2D eigenvalue weighted by Gasteiger charge is -2.16. The molecule has 0 spiro atoms. The minimum absolute atomic E-state index is 0.0569. The van der Waals surface area contributed by atoms with E-state index in [1.807, 2.05) is 6.07 Å². The van der Waals surface area contributed by atoms with Gasteiger partial charge in [-0.1, -0.05) is 20.8 Å². The molecule has 1 atom stereocenters. The Balaban J connectivity index is 2.92. The molecule has 1 aromatic rings. The summed E-state index contributed by atoms with van der Waals surface area (Å²) in [4.78, 5) is 8.62. The van der Waals surface area contributed by atoms with Gasteiger partial charge in [0.25, 0.3) is 0 Å². The van der Waals surface area contributed by atoms with E-state index in [9.17, 15) is 5.11 Å². The molecule has 78 valence electrons. The lowest BCUT2D eigenvalue weighted by atomic mass is 9.96. The first kappa shape index (κ1) is 11.1. The maximum atomic E-state index is 9.23. The Morgan fingerprint density at radius 1 is 1.43 bits per heavy atom. The molecule has 0 fully saturated rings. The molecule has 0 amide bonds. The van der Waals surface area contributed by atoms with Gasteiger partial charge in [0.05, 0.1) is 6.61 Å². The molecule has 14 heavy (non-hydrogen) atoms. The molecule has 0 saturated heterocycles. The normalized spacial score (nSPS) is 13.2. The third-order valence-electron chi connectivity index (χ3n) is 2.43. The fourth-order valence-corrected chi connectivity index (χ4v) is 1.38. The van der Waals surface area contributed by atoms with Gasteiger partial charge in [-0.15, -0.1) is 0 Å². The average Bonchev–Trinajstić information content (AvgIpc) is 2.19. The molecular formula is C11H18N2O. The number of aromatic nitrogens is 2. The highest BCUT2D eigenvalue weighted by molar-refractivity contribution is 5.06. The zero-order valence-electron chi connectivity index (χ0n) is 9.07. The number of hydrogen-bond donors (Lipinski definition) is 1. The molecule has 1 unspecified atom stereocenters. The lowest BCUT2D eigenvalue weighted by Crippen LogP contribution is -2.15. The zero-order valence-corrected chi connectivity index (χ0v) is 9.07. The third kappa shape index (κ3) is 2.51. The van der Waals surface area contributed by atoms with Crippen molar-refractivity contribution in [2.75, 3.05) is 6.61 Å². The third-order valence-corrected chi connectivity index (χ3v) is 2.43. The lowest BCUT2D eigenvalue weighted by molar-refractivity contribution is 0.231. The van der Waals surface area contributed by atoms with Crippen molar-refractivity contribution in [2.45, 2.75) is 33.1 Å². The Hall–Kier alpha value is -0.960. The number of rotatable bonds is 4. The Labute approximate surface area is 85.2 Å². The summed E-state index contributed by atoms with van der Waals surface area (Å²) in [5.74, 6) is 1.19. The van der Waals surface area contributed by atoms with Crippen LogP contribution in [0.25, 0.3) is 0 Å². The van der Waals surface area contributed by atoms with Crippen LogP contribution in [-0.2, 0) is 6.42 Å². The van der Waals surface area contributed by atoms with Crippen molar-refractivity contribution >= 4 is 0 Å². The van der Waals surface area contributed by atoms with Crippen molar-refractivity contribution < 1.29 is 5.11 Å². The summed E-state index contributed by atoms with van der Waals surface area (Å²) in [5.41, 5.74) is 1.04. The molecule has 0 radical (unpaired) electrons. The summed E-state index contributed by atoms with van der Waals surface area (Å²) in [5, 5.41) is 9.23. The highest BCUT2D eigenvalue weighted by Gasteiger charge is 2.17. The summed E-state index contributed by atoms with van der Waals surface area (Å²) in [6, 6.07) is 1.91. The molecule has 3 nitrogen and oxygen atoms in total. The van der Waals surface area contributed by atoms with Gasteiger partial charge >= 0.3 is 0 Å². The number of aliphatic hydroxyl groups excluding tert-OH is 1. The van der Waals surface area contributed by atoms with E-state index in [0.717, 1.165) is 17.9 Å². The minimum Gasteiger partial charge on any atom is -0.396 e. The van der Waals surface area contributed by atoms with Crippen molar-refractivity contribution in [1.29, 1.82) is 0 Å². The van der Waals surface area contributed by atoms with E-state index < -0.39 is 0 Å². The van der Waals surface area contributed by atoms with Crippen LogP contribution >= 0.6 is 0 Å². The van der Waals surface area contributed by atoms with Crippen molar-refractivity contribution in [3.05, 3.63) is 23.8 Å². The Morgan fingerprint density at radius 3 is 2.64 bits per heavy atom. The van der Waals surface area contributed by atoms with Gasteiger partial charge in [0.15, 0.2) is 0 Å². The van der Waals surface area contributed by atoms with Gasteiger partial charge in [0, 0.05) is 17.8 Å². The Morgan fingerprint density at radius 2 is 2.14 bits per heavy atom. The van der Waals surface area contributed by atoms with Gasteiger partial charge in [-0.2, -0.15) is 0 Å². The standard InChI is InChI=1S/C11H18N2O/c1-4-9-5-6-12-11(13-9)10(7-14)8(2)3/h5-6,8,10,14H,4,7H2,1-3H3. The van der Waals surface area contributed by atoms with E-state index >= 15 is 0 Å². The second-order valence-corrected chi connectivity index (χ2v) is 3.79. The highest BCUT2D eigenvalue weighted by Crippen LogP contribution is 2.20. The fraction of sp³-hybridized carbons (Fsp3) is 0.636. The maximum Gasteiger partial charge on any atom is 0.134 e. The summed E-state index contributed by atoms with van der Waals surface area (Å²) in [6.07, 6.45) is 2.68. The molecule has 0 bridgehead atoms. The number of aliphatic hydroxyl groups is 1. The minimum atomic E-state index is 0.0569. The first-order valence-electron chi connectivity index (χ1n) is 5.11. The molecule has 0 aliphatic rings. The number of nitrogens with zero attached hydrogens (tertiary/aromatic N) is 2. The smallest absolute Gasteiger partial charge is 0.134 e. The molecule has 1 aromatic heterocycles. The Kier molecular flexibility index (Phi) is 4.01. The molecule has 0 aliphatic heterocycles. The topological polar surface area (TPSA) is 46.0 Å². The van der Waals surface area contributed by atoms with E-state index in [4.69, 9.17) is 0 Å². The summed E-state index contributed by atoms with van der Waals surface area (Å²) >= 11 is 0. The molecule has 1 rings (SSSR count). The van der Waals surface area contributed by atoms with Gasteiger partial charge in [-0.25, -0.2) is 9.97 Å². The molecule has 0 aromatic carbocycles. The van der Waals surface area contributed by atoms with Crippen LogP contribution in [0.3, 0.4) is 0 Å². The van der Waals surface area contributed by atoms with Crippen molar-refractivity contribution in [3.8, 4) is 0 Å². The molecule has 0 saturated carbocycles. The summed E-state index contributed by atoms with van der Waals surface area (Å²) in [6.45, 7) is 6.33. The van der Waals surface area contributed by atoms with Crippen LogP contribution in [0.1, 0.15) is 38.2 Å². The Bertz CT molecular complexity index is 286. The van der Waals surface area contributed by atoms with E-state index in [0.29, 0.717) is 5.92 Å². The molecule has 3 heteroatoms. The van der Waals surface area contributed by atoms with Gasteiger partial charge in [-0.05, 0) is 18.4 Å². The fourth-order valence-electron chi connectivity index (χ4n) is 1.38. The van der Waals surface area contributed by atoms with Gasteiger partial charge in [-0.3, -0.25) is 0 Å². The molecule has 0 aliphatic carbocycles. The van der Waals surface area contributed by atoms with Crippen molar-refractivity contribution in [2.24, 2.45) is 5.92 Å². The largest absolute Gasteiger partial charge is 0.396 e. The van der Waals surface area contributed by atoms with E-state index in [1.54, 1.807) is 6.20 Å². The SMILES string of the molecule is CCc1ccnc(C(CO)C(C)C)n1. The summed E-state index contributed by atoms with van der Waals surface area (Å²) in [7, 11) is 0.